The van der Waals surface area contributed by atoms with Crippen LogP contribution in [-0.4, -0.2) is 13.1 Å². The fraction of sp³-hybridized carbons (Fsp3) is 0.250. The Morgan fingerprint density at radius 3 is 2.26 bits per heavy atom. The van der Waals surface area contributed by atoms with E-state index in [2.05, 4.69) is 0 Å². The molecule has 2 rings (SSSR count). The summed E-state index contributed by atoms with van der Waals surface area (Å²) in [6, 6.07) is 16.8. The van der Waals surface area contributed by atoms with E-state index >= 15 is 0 Å². The number of likely N-dealkylation sites (N-methyl/N-ethyl adjacent to an activating group) is 1. The molecular formula is C16H19FN2. The number of hydrogen-bond donors (Lipinski definition) is 1. The van der Waals surface area contributed by atoms with Crippen LogP contribution in [0, 0.1) is 5.82 Å². The fourth-order valence-corrected chi connectivity index (χ4v) is 2.36. The molecule has 1 atom stereocenters. The lowest BCUT2D eigenvalue weighted by molar-refractivity contribution is 0.588. The molecule has 2 aromatic rings. The molecule has 0 spiro atoms. The van der Waals surface area contributed by atoms with Crippen molar-refractivity contribution in [3.05, 3.63) is 66.0 Å². The molecule has 0 saturated carbocycles. The lowest BCUT2D eigenvalue weighted by atomic mass is 10.0. The first-order valence-electron chi connectivity index (χ1n) is 6.54. The van der Waals surface area contributed by atoms with Crippen molar-refractivity contribution < 1.29 is 4.39 Å². The zero-order valence-corrected chi connectivity index (χ0v) is 11.1. The summed E-state index contributed by atoms with van der Waals surface area (Å²) in [7, 11) is 0. The number of para-hydroxylation sites is 1. The molecule has 19 heavy (non-hydrogen) atoms. The molecule has 0 fully saturated rings. The number of nitrogens with two attached hydrogens (primary N) is 1. The van der Waals surface area contributed by atoms with Crippen molar-refractivity contribution in [3.63, 3.8) is 0 Å². The summed E-state index contributed by atoms with van der Waals surface area (Å²) in [4.78, 5) is 2.00. The van der Waals surface area contributed by atoms with Crippen LogP contribution < -0.4 is 10.6 Å². The predicted molar refractivity (Wildman–Crippen MR) is 77.7 cm³/mol. The lowest BCUT2D eigenvalue weighted by Gasteiger charge is -2.32. The standard InChI is InChI=1S/C16H19FN2/c1-2-19(15-11-7-6-10-14(15)17)16(12-18)13-8-4-3-5-9-13/h3-11,16H,2,12,18H2,1H3. The van der Waals surface area contributed by atoms with Gasteiger partial charge in [0.1, 0.15) is 5.82 Å². The maximum atomic E-state index is 14.0. The average Bonchev–Trinajstić information content (AvgIpc) is 2.46. The van der Waals surface area contributed by atoms with Crippen LogP contribution in [0.25, 0.3) is 0 Å². The molecule has 0 amide bonds. The van der Waals surface area contributed by atoms with Crippen molar-refractivity contribution >= 4 is 5.69 Å². The minimum atomic E-state index is -0.210. The van der Waals surface area contributed by atoms with Gasteiger partial charge in [-0.1, -0.05) is 42.5 Å². The molecular weight excluding hydrogens is 239 g/mol. The van der Waals surface area contributed by atoms with Gasteiger partial charge in [-0.05, 0) is 24.6 Å². The summed E-state index contributed by atoms with van der Waals surface area (Å²) in [5.74, 6) is -0.210. The van der Waals surface area contributed by atoms with Gasteiger partial charge in [-0.25, -0.2) is 4.39 Å². The molecule has 0 aliphatic heterocycles. The van der Waals surface area contributed by atoms with Crippen LogP contribution >= 0.6 is 0 Å². The van der Waals surface area contributed by atoms with Gasteiger partial charge in [0, 0.05) is 13.1 Å². The van der Waals surface area contributed by atoms with E-state index in [1.807, 2.05) is 48.2 Å². The van der Waals surface area contributed by atoms with E-state index in [4.69, 9.17) is 5.73 Å². The predicted octanol–water partition coefficient (Wildman–Crippen LogP) is 3.35. The second kappa shape index (κ2) is 6.34. The zero-order chi connectivity index (χ0) is 13.7. The molecule has 2 nitrogen and oxygen atoms in total. The minimum absolute atomic E-state index is 0.0110. The van der Waals surface area contributed by atoms with Crippen molar-refractivity contribution in [2.24, 2.45) is 5.73 Å². The highest BCUT2D eigenvalue weighted by Crippen LogP contribution is 2.28. The van der Waals surface area contributed by atoms with Crippen LogP contribution in [-0.2, 0) is 0 Å². The third-order valence-corrected chi connectivity index (χ3v) is 3.29. The summed E-state index contributed by atoms with van der Waals surface area (Å²) in [6.45, 7) is 3.17. The summed E-state index contributed by atoms with van der Waals surface area (Å²) in [5, 5.41) is 0. The van der Waals surface area contributed by atoms with Gasteiger partial charge in [0.25, 0.3) is 0 Å². The topological polar surface area (TPSA) is 29.3 Å². The van der Waals surface area contributed by atoms with Gasteiger partial charge in [0.2, 0.25) is 0 Å². The Balaban J connectivity index is 2.38. The Kier molecular flexibility index (Phi) is 4.53. The van der Waals surface area contributed by atoms with Gasteiger partial charge >= 0.3 is 0 Å². The van der Waals surface area contributed by atoms with Gasteiger partial charge in [-0.2, -0.15) is 0 Å². The SMILES string of the molecule is CCN(c1ccccc1F)C(CN)c1ccccc1. The highest BCUT2D eigenvalue weighted by molar-refractivity contribution is 5.50. The van der Waals surface area contributed by atoms with Crippen LogP contribution in [0.5, 0.6) is 0 Å². The fourth-order valence-electron chi connectivity index (χ4n) is 2.36. The number of nitrogens with zero attached hydrogens (tertiary/aromatic N) is 1. The van der Waals surface area contributed by atoms with E-state index in [0.29, 0.717) is 18.8 Å². The molecule has 0 radical (unpaired) electrons. The quantitative estimate of drug-likeness (QED) is 0.891. The third kappa shape index (κ3) is 2.93. The van der Waals surface area contributed by atoms with Gasteiger partial charge < -0.3 is 10.6 Å². The molecule has 2 aromatic carbocycles. The van der Waals surface area contributed by atoms with E-state index in [9.17, 15) is 4.39 Å². The second-order valence-electron chi connectivity index (χ2n) is 4.40. The zero-order valence-electron chi connectivity index (χ0n) is 11.1. The van der Waals surface area contributed by atoms with Crippen LogP contribution in [0.1, 0.15) is 18.5 Å². The maximum absolute atomic E-state index is 14.0. The minimum Gasteiger partial charge on any atom is -0.361 e. The average molecular weight is 258 g/mol. The van der Waals surface area contributed by atoms with Crippen LogP contribution in [0.2, 0.25) is 0 Å². The smallest absolute Gasteiger partial charge is 0.146 e. The number of rotatable bonds is 5. The van der Waals surface area contributed by atoms with E-state index < -0.39 is 0 Å². The highest BCUT2D eigenvalue weighted by atomic mass is 19.1. The molecule has 3 heteroatoms. The Hall–Kier alpha value is -1.87. The normalized spacial score (nSPS) is 12.2. The molecule has 0 aliphatic carbocycles. The van der Waals surface area contributed by atoms with Gasteiger partial charge in [-0.15, -0.1) is 0 Å². The Labute approximate surface area is 113 Å². The van der Waals surface area contributed by atoms with Crippen molar-refractivity contribution in [3.8, 4) is 0 Å². The van der Waals surface area contributed by atoms with E-state index in [0.717, 1.165) is 5.56 Å². The summed E-state index contributed by atoms with van der Waals surface area (Å²) in [6.07, 6.45) is 0. The Bertz CT molecular complexity index is 513. The summed E-state index contributed by atoms with van der Waals surface area (Å²) >= 11 is 0. The van der Waals surface area contributed by atoms with E-state index in [1.54, 1.807) is 12.1 Å². The van der Waals surface area contributed by atoms with Crippen LogP contribution in [0.3, 0.4) is 0 Å². The molecule has 0 bridgehead atoms. The van der Waals surface area contributed by atoms with E-state index in [-0.39, 0.29) is 11.9 Å². The number of benzene rings is 2. The van der Waals surface area contributed by atoms with Gasteiger partial charge in [0.15, 0.2) is 0 Å². The lowest BCUT2D eigenvalue weighted by Crippen LogP contribution is -2.34. The number of hydrogen-bond acceptors (Lipinski definition) is 2. The van der Waals surface area contributed by atoms with Crippen LogP contribution in [0.15, 0.2) is 54.6 Å². The Morgan fingerprint density at radius 1 is 1.05 bits per heavy atom. The van der Waals surface area contributed by atoms with Crippen LogP contribution in [0.4, 0.5) is 10.1 Å². The van der Waals surface area contributed by atoms with Crippen molar-refractivity contribution in [1.29, 1.82) is 0 Å². The first kappa shape index (κ1) is 13.6. The molecule has 2 N–H and O–H groups in total. The molecule has 0 aliphatic rings. The molecule has 0 saturated heterocycles. The third-order valence-electron chi connectivity index (χ3n) is 3.29. The van der Waals surface area contributed by atoms with E-state index in [1.165, 1.54) is 6.07 Å². The molecule has 100 valence electrons. The van der Waals surface area contributed by atoms with Gasteiger partial charge in [0.05, 0.1) is 11.7 Å². The first-order valence-corrected chi connectivity index (χ1v) is 6.54. The number of halogens is 1. The highest BCUT2D eigenvalue weighted by Gasteiger charge is 2.20. The number of anilines is 1. The second-order valence-corrected chi connectivity index (χ2v) is 4.40. The molecule has 0 heterocycles. The monoisotopic (exact) mass is 258 g/mol. The van der Waals surface area contributed by atoms with Gasteiger partial charge in [-0.3, -0.25) is 0 Å². The molecule has 1 unspecified atom stereocenters. The van der Waals surface area contributed by atoms with Crippen molar-refractivity contribution in [2.75, 3.05) is 18.0 Å². The van der Waals surface area contributed by atoms with Crippen molar-refractivity contribution in [1.82, 2.24) is 0 Å². The van der Waals surface area contributed by atoms with Crippen molar-refractivity contribution in [2.45, 2.75) is 13.0 Å². The largest absolute Gasteiger partial charge is 0.361 e. The molecule has 0 aromatic heterocycles. The first-order chi connectivity index (χ1) is 9.27. The maximum Gasteiger partial charge on any atom is 0.146 e. The Morgan fingerprint density at radius 2 is 1.68 bits per heavy atom. The summed E-state index contributed by atoms with van der Waals surface area (Å²) in [5.41, 5.74) is 7.61. The summed E-state index contributed by atoms with van der Waals surface area (Å²) < 4.78 is 14.0.